The van der Waals surface area contributed by atoms with E-state index in [0.717, 1.165) is 125 Å². The van der Waals surface area contributed by atoms with E-state index < -0.39 is 35.7 Å². The number of carboxylic acid groups (broad SMARTS) is 3. The molecule has 6 aromatic rings. The minimum atomic E-state index is -0.764. The normalized spacial score (nSPS) is 20.3. The first-order valence-corrected chi connectivity index (χ1v) is 22.8. The minimum Gasteiger partial charge on any atom is -0.481 e. The lowest BCUT2D eigenvalue weighted by molar-refractivity contribution is -0.144. The monoisotopic (exact) mass is 863 g/mol. The Balaban J connectivity index is 0.999. The van der Waals surface area contributed by atoms with Crippen molar-refractivity contribution in [1.29, 1.82) is 0 Å². The van der Waals surface area contributed by atoms with E-state index in [1.54, 1.807) is 0 Å². The third kappa shape index (κ3) is 10.2. The summed E-state index contributed by atoms with van der Waals surface area (Å²) >= 11 is 0. The molecule has 3 fully saturated rings. The van der Waals surface area contributed by atoms with E-state index in [1.807, 2.05) is 72.8 Å². The van der Waals surface area contributed by atoms with Crippen molar-refractivity contribution in [3.63, 3.8) is 0 Å². The smallest absolute Gasteiger partial charge is 0.307 e. The standard InChI is InChI=1S/C51H57N7O6/c59-49(60)43(37-13-16-52-25-37)19-31-1-4-34-7-10-40(55-46(34)22-31)28-58(29-41-11-8-35-5-2-32(23-47(35)56-41)20-44(50(61)62)38-14-17-53-26-38)30-42-12-9-36-6-3-33(24-48(36)57-42)21-45(51(63)64)39-15-18-54-27-39/h1-12,22-24,37-39,43-45,52-54H,13-21,25-30H2,(H,59,60)(H,61,62)(H,63,64)/t37-,38-,39-,43-,44-,45-/m0/s1. The predicted octanol–water partition coefficient (Wildman–Crippen LogP) is 6.09. The van der Waals surface area contributed by atoms with Crippen LogP contribution in [-0.2, 0) is 53.3 Å². The molecule has 3 aliphatic rings. The van der Waals surface area contributed by atoms with Crippen molar-refractivity contribution in [2.45, 2.75) is 58.2 Å². The van der Waals surface area contributed by atoms with Gasteiger partial charge in [-0.1, -0.05) is 54.6 Å². The Hall–Kier alpha value is -5.86. The van der Waals surface area contributed by atoms with Crippen LogP contribution in [0.2, 0.25) is 0 Å². The molecule has 6 N–H and O–H groups in total. The van der Waals surface area contributed by atoms with Crippen molar-refractivity contribution in [2.75, 3.05) is 39.3 Å². The van der Waals surface area contributed by atoms with Crippen molar-refractivity contribution in [3.05, 3.63) is 125 Å². The minimum absolute atomic E-state index is 0.0962. The van der Waals surface area contributed by atoms with Gasteiger partial charge in [-0.15, -0.1) is 0 Å². The number of nitrogens with one attached hydrogen (secondary N) is 3. The molecule has 0 aliphatic carbocycles. The van der Waals surface area contributed by atoms with Gasteiger partial charge in [-0.05, 0) is 149 Å². The van der Waals surface area contributed by atoms with E-state index in [4.69, 9.17) is 15.0 Å². The van der Waals surface area contributed by atoms with Gasteiger partial charge >= 0.3 is 17.9 Å². The third-order valence-electron chi connectivity index (χ3n) is 13.9. The van der Waals surface area contributed by atoms with Crippen molar-refractivity contribution >= 4 is 50.6 Å². The molecule has 13 heteroatoms. The molecule has 6 atom stereocenters. The van der Waals surface area contributed by atoms with Crippen molar-refractivity contribution < 1.29 is 29.7 Å². The van der Waals surface area contributed by atoms with Gasteiger partial charge in [0.15, 0.2) is 0 Å². The fourth-order valence-electron chi connectivity index (χ4n) is 10.3. The predicted molar refractivity (Wildman–Crippen MR) is 246 cm³/mol. The summed E-state index contributed by atoms with van der Waals surface area (Å²) in [5, 5.41) is 43.3. The average molecular weight is 864 g/mol. The number of benzene rings is 3. The van der Waals surface area contributed by atoms with Crippen LogP contribution in [0.4, 0.5) is 0 Å². The molecule has 0 saturated carbocycles. The fraction of sp³-hybridized carbons (Fsp3) is 0.412. The quantitative estimate of drug-likeness (QED) is 0.0583. The van der Waals surface area contributed by atoms with Crippen LogP contribution in [0, 0.1) is 35.5 Å². The second-order valence-corrected chi connectivity index (χ2v) is 18.3. The second kappa shape index (κ2) is 19.5. The molecular weight excluding hydrogens is 807 g/mol. The van der Waals surface area contributed by atoms with Gasteiger partial charge in [0.25, 0.3) is 0 Å². The van der Waals surface area contributed by atoms with Gasteiger partial charge in [0.05, 0.1) is 51.4 Å². The molecule has 6 heterocycles. The summed E-state index contributed by atoms with van der Waals surface area (Å²) in [6.07, 6.45) is 3.92. The van der Waals surface area contributed by atoms with E-state index in [2.05, 4.69) is 39.0 Å². The van der Waals surface area contributed by atoms with Gasteiger partial charge in [0.2, 0.25) is 0 Å². The molecule has 64 heavy (non-hydrogen) atoms. The summed E-state index contributed by atoms with van der Waals surface area (Å²) < 4.78 is 0. The second-order valence-electron chi connectivity index (χ2n) is 18.3. The molecule has 3 aromatic carbocycles. The molecule has 0 spiro atoms. The van der Waals surface area contributed by atoms with Gasteiger partial charge in [0.1, 0.15) is 0 Å². The molecular formula is C51H57N7O6. The Morgan fingerprint density at radius 1 is 0.484 bits per heavy atom. The van der Waals surface area contributed by atoms with Crippen LogP contribution in [0.15, 0.2) is 91.0 Å². The van der Waals surface area contributed by atoms with Crippen LogP contribution in [0.5, 0.6) is 0 Å². The number of carbonyl (C=O) groups is 3. The number of fused-ring (bicyclic) bond motifs is 3. The molecule has 0 radical (unpaired) electrons. The zero-order valence-electron chi connectivity index (χ0n) is 36.1. The summed E-state index contributed by atoms with van der Waals surface area (Å²) in [7, 11) is 0. The first kappa shape index (κ1) is 43.4. The number of rotatable bonds is 18. The molecule has 3 aliphatic heterocycles. The van der Waals surface area contributed by atoms with Crippen LogP contribution in [0.3, 0.4) is 0 Å². The average Bonchev–Trinajstić information content (AvgIpc) is 4.12. The van der Waals surface area contributed by atoms with Crippen LogP contribution in [0.1, 0.15) is 53.0 Å². The fourth-order valence-corrected chi connectivity index (χ4v) is 10.3. The Morgan fingerprint density at radius 3 is 1.05 bits per heavy atom. The molecule has 3 saturated heterocycles. The number of pyridine rings is 3. The SMILES string of the molecule is O=C(O)[C@@H](Cc1ccc2ccc(CN(Cc3ccc4ccc(C[C@H](C(=O)O)[C@H]5CCNC5)cc4n3)Cc3ccc4ccc(C[C@H](C(=O)O)[C@H]5CCNC5)cc4n3)nc2c1)[C@H]1CCNC1. The van der Waals surface area contributed by atoms with Crippen LogP contribution in [0.25, 0.3) is 32.7 Å². The molecule has 0 amide bonds. The highest BCUT2D eigenvalue weighted by Crippen LogP contribution is 2.29. The van der Waals surface area contributed by atoms with Gasteiger partial charge < -0.3 is 31.3 Å². The first-order chi connectivity index (χ1) is 31.1. The molecule has 3 aromatic heterocycles. The van der Waals surface area contributed by atoms with Crippen LogP contribution < -0.4 is 16.0 Å². The van der Waals surface area contributed by atoms with Crippen molar-refractivity contribution in [2.24, 2.45) is 35.5 Å². The van der Waals surface area contributed by atoms with Crippen LogP contribution in [-0.4, -0.2) is 92.3 Å². The van der Waals surface area contributed by atoms with E-state index >= 15 is 0 Å². The third-order valence-corrected chi connectivity index (χ3v) is 13.9. The summed E-state index contributed by atoms with van der Waals surface area (Å²) in [5.74, 6) is -3.39. The van der Waals surface area contributed by atoms with Gasteiger partial charge in [0, 0.05) is 35.8 Å². The molecule has 13 nitrogen and oxygen atoms in total. The lowest BCUT2D eigenvalue weighted by atomic mass is 9.86. The van der Waals surface area contributed by atoms with E-state index in [0.29, 0.717) is 38.9 Å². The number of hydrogen-bond acceptors (Lipinski definition) is 10. The maximum atomic E-state index is 12.3. The van der Waals surface area contributed by atoms with Gasteiger partial charge in [-0.3, -0.25) is 34.2 Å². The zero-order valence-corrected chi connectivity index (χ0v) is 36.1. The Morgan fingerprint density at radius 2 is 0.781 bits per heavy atom. The maximum absolute atomic E-state index is 12.3. The van der Waals surface area contributed by atoms with Gasteiger partial charge in [-0.25, -0.2) is 0 Å². The van der Waals surface area contributed by atoms with E-state index in [1.165, 1.54) is 0 Å². The Labute approximate surface area is 372 Å². The zero-order chi connectivity index (χ0) is 44.2. The number of hydrogen-bond donors (Lipinski definition) is 6. The molecule has 0 unspecified atom stereocenters. The molecule has 9 rings (SSSR count). The summed E-state index contributed by atoms with van der Waals surface area (Å²) in [6, 6.07) is 30.5. The lowest BCUT2D eigenvalue weighted by Gasteiger charge is -2.22. The van der Waals surface area contributed by atoms with Crippen molar-refractivity contribution in [3.8, 4) is 0 Å². The highest BCUT2D eigenvalue weighted by molar-refractivity contribution is 5.82. The molecule has 332 valence electrons. The summed E-state index contributed by atoms with van der Waals surface area (Å²) in [4.78, 5) is 54.7. The number of carboxylic acids is 3. The highest BCUT2D eigenvalue weighted by atomic mass is 16.4. The molecule has 0 bridgehead atoms. The highest BCUT2D eigenvalue weighted by Gasteiger charge is 2.33. The lowest BCUT2D eigenvalue weighted by Crippen LogP contribution is -2.27. The first-order valence-electron chi connectivity index (χ1n) is 22.8. The van der Waals surface area contributed by atoms with E-state index in [-0.39, 0.29) is 17.8 Å². The van der Waals surface area contributed by atoms with Crippen molar-refractivity contribution in [1.82, 2.24) is 35.8 Å². The number of nitrogens with zero attached hydrogens (tertiary/aromatic N) is 4. The Bertz CT molecular complexity index is 2370. The Kier molecular flexibility index (Phi) is 13.2. The summed E-state index contributed by atoms with van der Waals surface area (Å²) in [5.41, 5.74) is 7.88. The largest absolute Gasteiger partial charge is 0.481 e. The number of aliphatic carboxylic acids is 3. The topological polar surface area (TPSA) is 190 Å². The van der Waals surface area contributed by atoms with Crippen LogP contribution >= 0.6 is 0 Å². The number of aromatic nitrogens is 3. The maximum Gasteiger partial charge on any atom is 0.307 e. The summed E-state index contributed by atoms with van der Waals surface area (Å²) in [6.45, 7) is 6.14. The van der Waals surface area contributed by atoms with Gasteiger partial charge in [-0.2, -0.15) is 0 Å². The van der Waals surface area contributed by atoms with E-state index in [9.17, 15) is 29.7 Å².